The first-order valence-electron chi connectivity index (χ1n) is 11.0. The number of hydrogen-bond donors (Lipinski definition) is 2. The lowest BCUT2D eigenvalue weighted by molar-refractivity contribution is -0.171. The minimum Gasteiger partial charge on any atom is -0.377 e. The van der Waals surface area contributed by atoms with Gasteiger partial charge in [0, 0.05) is 42.9 Å². The van der Waals surface area contributed by atoms with Gasteiger partial charge in [0.05, 0.1) is 17.8 Å². The molecule has 0 amide bonds. The van der Waals surface area contributed by atoms with Crippen LogP contribution in [0.4, 0.5) is 0 Å². The van der Waals surface area contributed by atoms with Crippen molar-refractivity contribution in [1.29, 1.82) is 0 Å². The summed E-state index contributed by atoms with van der Waals surface area (Å²) in [5.41, 5.74) is 2.64. The first-order valence-corrected chi connectivity index (χ1v) is 11.0. The van der Waals surface area contributed by atoms with Gasteiger partial charge in [0.15, 0.2) is 5.96 Å². The predicted octanol–water partition coefficient (Wildman–Crippen LogP) is 3.45. The summed E-state index contributed by atoms with van der Waals surface area (Å²) in [5.74, 6) is 1.56. The average Bonchev–Trinajstić information content (AvgIpc) is 3.36. The van der Waals surface area contributed by atoms with Crippen molar-refractivity contribution < 1.29 is 4.74 Å². The Hall–Kier alpha value is -2.34. The number of hydrogen-bond acceptors (Lipinski definition) is 3. The van der Waals surface area contributed by atoms with E-state index in [2.05, 4.69) is 53.8 Å². The maximum absolute atomic E-state index is 6.07. The van der Waals surface area contributed by atoms with Gasteiger partial charge in [-0.15, -0.1) is 0 Å². The number of guanidine groups is 1. The third kappa shape index (κ3) is 3.14. The fourth-order valence-electron chi connectivity index (χ4n) is 5.54. The van der Waals surface area contributed by atoms with E-state index in [-0.39, 0.29) is 6.04 Å². The molecule has 5 rings (SSSR count). The molecule has 1 spiro atoms. The average molecular weight is 394 g/mol. The molecule has 3 fully saturated rings. The maximum Gasteiger partial charge on any atom is 0.191 e. The predicted molar refractivity (Wildman–Crippen MR) is 114 cm³/mol. The van der Waals surface area contributed by atoms with Crippen LogP contribution in [-0.4, -0.2) is 41.0 Å². The van der Waals surface area contributed by atoms with Gasteiger partial charge in [-0.3, -0.25) is 4.99 Å². The van der Waals surface area contributed by atoms with Crippen molar-refractivity contribution in [1.82, 2.24) is 20.4 Å². The summed E-state index contributed by atoms with van der Waals surface area (Å²) >= 11 is 0. The molecule has 0 radical (unpaired) electrons. The van der Waals surface area contributed by atoms with Crippen molar-refractivity contribution in [2.75, 3.05) is 13.2 Å². The first-order chi connectivity index (χ1) is 14.2. The molecule has 4 atom stereocenters. The zero-order chi connectivity index (χ0) is 19.8. The number of aromatic nitrogens is 2. The van der Waals surface area contributed by atoms with Crippen LogP contribution in [0.25, 0.3) is 5.69 Å². The van der Waals surface area contributed by atoms with Gasteiger partial charge in [0.1, 0.15) is 0 Å². The van der Waals surface area contributed by atoms with Crippen molar-refractivity contribution in [3.05, 3.63) is 48.3 Å². The van der Waals surface area contributed by atoms with E-state index in [0.717, 1.165) is 24.8 Å². The van der Waals surface area contributed by atoms with Crippen LogP contribution in [-0.2, 0) is 4.74 Å². The number of fused-ring (bicyclic) bond motifs is 2. The number of ether oxygens (including phenoxy) is 1. The van der Waals surface area contributed by atoms with Gasteiger partial charge in [0.2, 0.25) is 0 Å². The molecule has 154 valence electrons. The van der Waals surface area contributed by atoms with Gasteiger partial charge in [0.25, 0.3) is 0 Å². The Labute approximate surface area is 172 Å². The van der Waals surface area contributed by atoms with E-state index in [1.54, 1.807) is 6.20 Å². The largest absolute Gasteiger partial charge is 0.377 e. The van der Waals surface area contributed by atoms with Crippen LogP contribution in [0.2, 0.25) is 0 Å². The number of rotatable bonds is 5. The van der Waals surface area contributed by atoms with Crippen molar-refractivity contribution >= 4 is 5.96 Å². The van der Waals surface area contributed by atoms with Crippen LogP contribution in [0.15, 0.2) is 47.7 Å². The second kappa shape index (κ2) is 7.48. The second-order valence-electron chi connectivity index (χ2n) is 8.69. The van der Waals surface area contributed by atoms with Crippen LogP contribution in [0, 0.1) is 11.3 Å². The van der Waals surface area contributed by atoms with Crippen molar-refractivity contribution in [2.45, 2.75) is 57.7 Å². The van der Waals surface area contributed by atoms with Crippen LogP contribution in [0.1, 0.15) is 51.1 Å². The zero-order valence-corrected chi connectivity index (χ0v) is 17.3. The summed E-state index contributed by atoms with van der Waals surface area (Å²) in [7, 11) is 0. The van der Waals surface area contributed by atoms with Gasteiger partial charge in [-0.2, -0.15) is 5.10 Å². The van der Waals surface area contributed by atoms with E-state index >= 15 is 0 Å². The Morgan fingerprint density at radius 1 is 1.38 bits per heavy atom. The topological polar surface area (TPSA) is 63.5 Å². The molecule has 4 unspecified atom stereocenters. The van der Waals surface area contributed by atoms with E-state index in [1.807, 2.05) is 16.9 Å². The first kappa shape index (κ1) is 18.7. The SMILES string of the molecule is CCN=C(NC(C)c1cccc(-n2cccn2)c1)NC1C2CCOC2C12CCC2. The summed E-state index contributed by atoms with van der Waals surface area (Å²) < 4.78 is 7.97. The normalized spacial score (nSPS) is 28.3. The second-order valence-corrected chi connectivity index (χ2v) is 8.69. The third-order valence-electron chi connectivity index (χ3n) is 7.14. The van der Waals surface area contributed by atoms with E-state index in [9.17, 15) is 0 Å². The van der Waals surface area contributed by atoms with Crippen molar-refractivity contribution in [3.63, 3.8) is 0 Å². The molecule has 3 aliphatic rings. The van der Waals surface area contributed by atoms with Crippen LogP contribution >= 0.6 is 0 Å². The number of nitrogens with one attached hydrogen (secondary N) is 2. The molecule has 2 aliphatic carbocycles. The quantitative estimate of drug-likeness (QED) is 0.603. The van der Waals surface area contributed by atoms with Crippen LogP contribution < -0.4 is 10.6 Å². The zero-order valence-electron chi connectivity index (χ0n) is 17.3. The molecule has 6 nitrogen and oxygen atoms in total. The summed E-state index contributed by atoms with van der Waals surface area (Å²) in [5, 5.41) is 11.8. The van der Waals surface area contributed by atoms with E-state index in [1.165, 1.54) is 31.2 Å². The lowest BCUT2D eigenvalue weighted by Crippen LogP contribution is -2.72. The lowest BCUT2D eigenvalue weighted by atomic mass is 9.46. The van der Waals surface area contributed by atoms with Crippen LogP contribution in [0.5, 0.6) is 0 Å². The van der Waals surface area contributed by atoms with E-state index in [4.69, 9.17) is 9.73 Å². The Kier molecular flexibility index (Phi) is 4.82. The Balaban J connectivity index is 1.30. The molecule has 1 aromatic heterocycles. The smallest absolute Gasteiger partial charge is 0.191 e. The highest BCUT2D eigenvalue weighted by molar-refractivity contribution is 5.81. The fourth-order valence-corrected chi connectivity index (χ4v) is 5.54. The van der Waals surface area contributed by atoms with Gasteiger partial charge in [-0.25, -0.2) is 4.68 Å². The van der Waals surface area contributed by atoms with Gasteiger partial charge < -0.3 is 15.4 Å². The monoisotopic (exact) mass is 393 g/mol. The molecule has 6 heteroatoms. The molecule has 2 saturated carbocycles. The summed E-state index contributed by atoms with van der Waals surface area (Å²) in [6, 6.07) is 11.1. The van der Waals surface area contributed by atoms with E-state index in [0.29, 0.717) is 23.5 Å². The molecule has 1 aromatic carbocycles. The lowest BCUT2D eigenvalue weighted by Gasteiger charge is -2.63. The Morgan fingerprint density at radius 3 is 3.00 bits per heavy atom. The molecule has 2 aromatic rings. The standard InChI is InChI=1S/C23H31N5O/c1-3-24-22(27-20-19-9-14-29-21(19)23(20)10-5-11-23)26-16(2)17-7-4-8-18(15-17)28-13-6-12-25-28/h4,6-8,12-13,15-16,19-21H,3,5,9-11,14H2,1-2H3,(H2,24,26,27). The summed E-state index contributed by atoms with van der Waals surface area (Å²) in [4.78, 5) is 4.76. The minimum absolute atomic E-state index is 0.149. The molecular weight excluding hydrogens is 362 g/mol. The third-order valence-corrected chi connectivity index (χ3v) is 7.14. The van der Waals surface area contributed by atoms with Gasteiger partial charge >= 0.3 is 0 Å². The molecule has 2 heterocycles. The highest BCUT2D eigenvalue weighted by Gasteiger charge is 2.66. The highest BCUT2D eigenvalue weighted by atomic mass is 16.5. The van der Waals surface area contributed by atoms with Gasteiger partial charge in [-0.05, 0) is 56.9 Å². The molecule has 1 aliphatic heterocycles. The Bertz CT molecular complexity index is 873. The van der Waals surface area contributed by atoms with Crippen molar-refractivity contribution in [3.8, 4) is 5.69 Å². The number of aliphatic imine (C=N–C) groups is 1. The van der Waals surface area contributed by atoms with Gasteiger partial charge in [-0.1, -0.05) is 18.6 Å². The highest BCUT2D eigenvalue weighted by Crippen LogP contribution is 2.62. The molecule has 2 N–H and O–H groups in total. The maximum atomic E-state index is 6.07. The molecule has 0 bridgehead atoms. The summed E-state index contributed by atoms with van der Waals surface area (Å²) in [6.45, 7) is 5.96. The molecule has 1 saturated heterocycles. The number of nitrogens with zero attached hydrogens (tertiary/aromatic N) is 3. The summed E-state index contributed by atoms with van der Waals surface area (Å²) in [6.07, 6.45) is 9.32. The van der Waals surface area contributed by atoms with E-state index < -0.39 is 0 Å². The van der Waals surface area contributed by atoms with Crippen LogP contribution in [0.3, 0.4) is 0 Å². The Morgan fingerprint density at radius 2 is 2.28 bits per heavy atom. The molecule has 29 heavy (non-hydrogen) atoms. The minimum atomic E-state index is 0.149. The fraction of sp³-hybridized carbons (Fsp3) is 0.565. The molecular formula is C23H31N5O. The number of benzene rings is 1. The van der Waals surface area contributed by atoms with Crippen molar-refractivity contribution in [2.24, 2.45) is 16.3 Å².